The zero-order chi connectivity index (χ0) is 16.9. The number of aliphatic carboxylic acids is 1. The fourth-order valence-corrected chi connectivity index (χ4v) is 2.75. The molecule has 1 amide bonds. The Bertz CT molecular complexity index is 580. The number of amides is 1. The lowest BCUT2D eigenvalue weighted by Gasteiger charge is -2.38. The van der Waals surface area contributed by atoms with Gasteiger partial charge in [-0.1, -0.05) is 6.07 Å². The van der Waals surface area contributed by atoms with Crippen LogP contribution in [-0.2, 0) is 16.0 Å². The second-order valence-corrected chi connectivity index (χ2v) is 5.82. The van der Waals surface area contributed by atoms with Gasteiger partial charge < -0.3 is 19.9 Å². The number of nitrogens with one attached hydrogen (secondary N) is 1. The summed E-state index contributed by atoms with van der Waals surface area (Å²) in [6.45, 7) is 0. The number of rotatable bonds is 8. The number of benzene rings is 1. The molecule has 0 aromatic heterocycles. The summed E-state index contributed by atoms with van der Waals surface area (Å²) >= 11 is 0. The Morgan fingerprint density at radius 2 is 2.00 bits per heavy atom. The monoisotopic (exact) mass is 321 g/mol. The van der Waals surface area contributed by atoms with Crippen LogP contribution in [0.4, 0.5) is 0 Å². The third kappa shape index (κ3) is 3.94. The van der Waals surface area contributed by atoms with Crippen molar-refractivity contribution in [3.05, 3.63) is 23.8 Å². The second kappa shape index (κ2) is 7.35. The van der Waals surface area contributed by atoms with Crippen LogP contribution in [0.15, 0.2) is 18.2 Å². The summed E-state index contributed by atoms with van der Waals surface area (Å²) in [6.07, 6.45) is 3.48. The highest BCUT2D eigenvalue weighted by Gasteiger charge is 2.45. The molecule has 2 rings (SSSR count). The molecule has 0 radical (unpaired) electrons. The van der Waals surface area contributed by atoms with Gasteiger partial charge in [0, 0.05) is 12.5 Å². The summed E-state index contributed by atoms with van der Waals surface area (Å²) in [6, 6.07) is 5.58. The van der Waals surface area contributed by atoms with Crippen LogP contribution < -0.4 is 14.8 Å². The Kier molecular flexibility index (Phi) is 5.47. The lowest BCUT2D eigenvalue weighted by Crippen LogP contribution is -2.59. The number of carboxylic acid groups (broad SMARTS) is 1. The minimum atomic E-state index is -1.03. The van der Waals surface area contributed by atoms with Gasteiger partial charge in [-0.05, 0) is 43.7 Å². The van der Waals surface area contributed by atoms with Crippen LogP contribution in [0.3, 0.4) is 0 Å². The Balaban J connectivity index is 1.85. The first kappa shape index (κ1) is 17.1. The minimum Gasteiger partial charge on any atom is -0.497 e. The summed E-state index contributed by atoms with van der Waals surface area (Å²) in [5, 5.41) is 11.9. The van der Waals surface area contributed by atoms with Gasteiger partial charge in [0.2, 0.25) is 5.91 Å². The van der Waals surface area contributed by atoms with Crippen molar-refractivity contribution < 1.29 is 24.2 Å². The van der Waals surface area contributed by atoms with E-state index in [-0.39, 0.29) is 5.91 Å². The van der Waals surface area contributed by atoms with Crippen LogP contribution >= 0.6 is 0 Å². The zero-order valence-corrected chi connectivity index (χ0v) is 13.6. The quantitative estimate of drug-likeness (QED) is 0.766. The van der Waals surface area contributed by atoms with Crippen LogP contribution in [0.25, 0.3) is 0 Å². The van der Waals surface area contributed by atoms with Gasteiger partial charge in [-0.2, -0.15) is 0 Å². The molecular weight excluding hydrogens is 298 g/mol. The minimum absolute atomic E-state index is 0.209. The Morgan fingerprint density at radius 1 is 1.26 bits per heavy atom. The van der Waals surface area contributed by atoms with E-state index in [4.69, 9.17) is 9.47 Å². The summed E-state index contributed by atoms with van der Waals surface area (Å²) in [4.78, 5) is 23.2. The van der Waals surface area contributed by atoms with Crippen LogP contribution in [0.2, 0.25) is 0 Å². The second-order valence-electron chi connectivity index (χ2n) is 5.82. The number of carbonyl (C=O) groups excluding carboxylic acids is 1. The number of ether oxygens (including phenoxy) is 2. The average molecular weight is 321 g/mol. The zero-order valence-electron chi connectivity index (χ0n) is 13.6. The predicted octanol–water partition coefficient (Wildman–Crippen LogP) is 2.15. The first-order valence-electron chi connectivity index (χ1n) is 7.76. The maximum atomic E-state index is 12.0. The molecule has 0 unspecified atom stereocenters. The van der Waals surface area contributed by atoms with E-state index in [1.807, 2.05) is 18.2 Å². The van der Waals surface area contributed by atoms with Gasteiger partial charge in [-0.15, -0.1) is 0 Å². The standard InChI is InChI=1S/C17H23NO5/c1-22-13-8-7-12(14(11-13)23-2)5-3-6-15(19)18-17(16(20)21)9-4-10-17/h7-8,11H,3-6,9-10H2,1-2H3,(H,18,19)(H,20,21). The lowest BCUT2D eigenvalue weighted by atomic mass is 9.76. The average Bonchev–Trinajstić information content (AvgIpc) is 2.50. The fourth-order valence-electron chi connectivity index (χ4n) is 2.75. The lowest BCUT2D eigenvalue weighted by molar-refractivity contribution is -0.151. The largest absolute Gasteiger partial charge is 0.497 e. The van der Waals surface area contributed by atoms with E-state index in [0.717, 1.165) is 23.5 Å². The Labute approximate surface area is 135 Å². The van der Waals surface area contributed by atoms with Gasteiger partial charge in [-0.3, -0.25) is 4.79 Å². The van der Waals surface area contributed by atoms with Gasteiger partial charge >= 0.3 is 5.97 Å². The molecule has 6 heteroatoms. The van der Waals surface area contributed by atoms with E-state index < -0.39 is 11.5 Å². The highest BCUT2D eigenvalue weighted by molar-refractivity contribution is 5.87. The molecule has 1 aromatic carbocycles. The molecule has 6 nitrogen and oxygen atoms in total. The van der Waals surface area contributed by atoms with Crippen LogP contribution in [-0.4, -0.2) is 36.7 Å². The Morgan fingerprint density at radius 3 is 2.52 bits per heavy atom. The van der Waals surface area contributed by atoms with Crippen molar-refractivity contribution in [1.29, 1.82) is 0 Å². The first-order chi connectivity index (χ1) is 11.0. The summed E-state index contributed by atoms with van der Waals surface area (Å²) in [7, 11) is 3.19. The van der Waals surface area contributed by atoms with Gasteiger partial charge in [-0.25, -0.2) is 4.79 Å². The number of methoxy groups -OCH3 is 2. The van der Waals surface area contributed by atoms with Crippen molar-refractivity contribution in [2.45, 2.75) is 44.1 Å². The van der Waals surface area contributed by atoms with E-state index >= 15 is 0 Å². The number of carboxylic acids is 1. The first-order valence-corrected chi connectivity index (χ1v) is 7.76. The third-order valence-corrected chi connectivity index (χ3v) is 4.34. The number of aryl methyl sites for hydroxylation is 1. The molecule has 23 heavy (non-hydrogen) atoms. The molecule has 0 saturated heterocycles. The molecule has 0 bridgehead atoms. The van der Waals surface area contributed by atoms with Crippen LogP contribution in [0.5, 0.6) is 11.5 Å². The van der Waals surface area contributed by atoms with Gasteiger partial charge in [0.05, 0.1) is 14.2 Å². The van der Waals surface area contributed by atoms with Gasteiger partial charge in [0.15, 0.2) is 0 Å². The Hall–Kier alpha value is -2.24. The smallest absolute Gasteiger partial charge is 0.329 e. The SMILES string of the molecule is COc1ccc(CCCC(=O)NC2(C(=O)O)CCC2)c(OC)c1. The molecule has 0 aliphatic heterocycles. The topological polar surface area (TPSA) is 84.9 Å². The van der Waals surface area contributed by atoms with Crippen molar-refractivity contribution in [1.82, 2.24) is 5.32 Å². The van der Waals surface area contributed by atoms with E-state index in [1.54, 1.807) is 14.2 Å². The highest BCUT2D eigenvalue weighted by atomic mass is 16.5. The highest BCUT2D eigenvalue weighted by Crippen LogP contribution is 2.32. The molecule has 1 aromatic rings. The maximum Gasteiger partial charge on any atom is 0.329 e. The fraction of sp³-hybridized carbons (Fsp3) is 0.529. The molecule has 0 heterocycles. The molecule has 1 saturated carbocycles. The number of hydrogen-bond donors (Lipinski definition) is 2. The normalized spacial score (nSPS) is 15.4. The molecule has 2 N–H and O–H groups in total. The van der Waals surface area contributed by atoms with Crippen molar-refractivity contribution in [2.75, 3.05) is 14.2 Å². The molecule has 1 fully saturated rings. The summed E-state index contributed by atoms with van der Waals surface area (Å²) < 4.78 is 10.5. The van der Waals surface area contributed by atoms with Crippen molar-refractivity contribution in [2.24, 2.45) is 0 Å². The molecule has 1 aliphatic carbocycles. The van der Waals surface area contributed by atoms with Crippen molar-refractivity contribution in [3.63, 3.8) is 0 Å². The van der Waals surface area contributed by atoms with E-state index in [2.05, 4.69) is 5.32 Å². The van der Waals surface area contributed by atoms with Crippen molar-refractivity contribution >= 4 is 11.9 Å². The predicted molar refractivity (Wildman–Crippen MR) is 84.8 cm³/mol. The van der Waals surface area contributed by atoms with Crippen LogP contribution in [0.1, 0.15) is 37.7 Å². The van der Waals surface area contributed by atoms with Crippen LogP contribution in [0, 0.1) is 0 Å². The maximum absolute atomic E-state index is 12.0. The molecule has 0 atom stereocenters. The third-order valence-electron chi connectivity index (χ3n) is 4.34. The van der Waals surface area contributed by atoms with E-state index in [1.165, 1.54) is 0 Å². The van der Waals surface area contributed by atoms with Crippen molar-refractivity contribution in [3.8, 4) is 11.5 Å². The number of carbonyl (C=O) groups is 2. The molecule has 1 aliphatic rings. The van der Waals surface area contributed by atoms with E-state index in [0.29, 0.717) is 32.1 Å². The number of hydrogen-bond acceptors (Lipinski definition) is 4. The summed E-state index contributed by atoms with van der Waals surface area (Å²) in [5.41, 5.74) is -0.0350. The van der Waals surface area contributed by atoms with E-state index in [9.17, 15) is 14.7 Å². The van der Waals surface area contributed by atoms with Gasteiger partial charge in [0.25, 0.3) is 0 Å². The molecular formula is C17H23NO5. The van der Waals surface area contributed by atoms with Gasteiger partial charge in [0.1, 0.15) is 17.0 Å². The molecule has 126 valence electrons. The summed E-state index contributed by atoms with van der Waals surface area (Å²) in [5.74, 6) is 0.302. The molecule has 0 spiro atoms.